The minimum Gasteiger partial charge on any atom is -0.289 e. The van der Waals surface area contributed by atoms with Crippen molar-refractivity contribution < 1.29 is 14.4 Å². The molecular weight excluding hydrogens is 350 g/mol. The summed E-state index contributed by atoms with van der Waals surface area (Å²) in [7, 11) is 0. The zero-order chi connectivity index (χ0) is 19.3. The van der Waals surface area contributed by atoms with E-state index in [9.17, 15) is 14.4 Å². The first-order chi connectivity index (χ1) is 13.6. The highest BCUT2D eigenvalue weighted by Gasteiger charge is 2.53. The molecule has 1 unspecified atom stereocenters. The lowest BCUT2D eigenvalue weighted by Gasteiger charge is -2.42. The van der Waals surface area contributed by atoms with Crippen molar-refractivity contribution in [3.63, 3.8) is 0 Å². The van der Waals surface area contributed by atoms with Crippen molar-refractivity contribution in [2.24, 2.45) is 0 Å². The van der Waals surface area contributed by atoms with Gasteiger partial charge in [0.2, 0.25) is 0 Å². The molecule has 0 aromatic heterocycles. The first kappa shape index (κ1) is 16.4. The minimum atomic E-state index is -1.22. The zero-order valence-corrected chi connectivity index (χ0v) is 14.8. The molecule has 28 heavy (non-hydrogen) atoms. The van der Waals surface area contributed by atoms with Crippen molar-refractivity contribution in [3.8, 4) is 0 Å². The van der Waals surface area contributed by atoms with Gasteiger partial charge in [-0.15, -0.1) is 0 Å². The van der Waals surface area contributed by atoms with Gasteiger partial charge in [0, 0.05) is 11.1 Å². The minimum absolute atomic E-state index is 0.144. The van der Waals surface area contributed by atoms with Gasteiger partial charge in [0.25, 0.3) is 11.8 Å². The van der Waals surface area contributed by atoms with E-state index in [0.717, 1.165) is 0 Å². The third kappa shape index (κ3) is 2.03. The molecule has 0 fully saturated rings. The van der Waals surface area contributed by atoms with Crippen LogP contribution in [-0.2, 0) is 10.2 Å². The van der Waals surface area contributed by atoms with Crippen LogP contribution >= 0.6 is 0 Å². The normalized spacial score (nSPS) is 20.3. The van der Waals surface area contributed by atoms with Crippen molar-refractivity contribution >= 4 is 23.3 Å². The van der Waals surface area contributed by atoms with E-state index < -0.39 is 5.41 Å². The molecule has 5 rings (SSSR count). The van der Waals surface area contributed by atoms with Crippen LogP contribution in [0.4, 0.5) is 5.69 Å². The van der Waals surface area contributed by atoms with E-state index in [4.69, 9.17) is 0 Å². The van der Waals surface area contributed by atoms with E-state index in [1.165, 1.54) is 11.0 Å². The molecule has 0 saturated carbocycles. The maximum Gasteiger partial charge on any atom is 0.265 e. The van der Waals surface area contributed by atoms with Gasteiger partial charge in [0.05, 0.1) is 5.69 Å². The number of anilines is 1. The van der Waals surface area contributed by atoms with Crippen LogP contribution in [0.1, 0.15) is 31.8 Å². The van der Waals surface area contributed by atoms with E-state index in [-0.39, 0.29) is 17.6 Å². The Morgan fingerprint density at radius 3 is 1.93 bits per heavy atom. The predicted molar refractivity (Wildman–Crippen MR) is 105 cm³/mol. The topological polar surface area (TPSA) is 54.5 Å². The Kier molecular flexibility index (Phi) is 3.43. The second-order valence-corrected chi connectivity index (χ2v) is 6.88. The summed E-state index contributed by atoms with van der Waals surface area (Å²) >= 11 is 0. The zero-order valence-electron chi connectivity index (χ0n) is 14.8. The smallest absolute Gasteiger partial charge is 0.265 e. The van der Waals surface area contributed by atoms with E-state index in [1.807, 2.05) is 18.2 Å². The number of imide groups is 1. The van der Waals surface area contributed by atoms with Crippen LogP contribution in [0.25, 0.3) is 0 Å². The number of ketones is 1. The first-order valence-corrected chi connectivity index (χ1v) is 9.01. The van der Waals surface area contributed by atoms with Gasteiger partial charge in [-0.25, -0.2) is 4.90 Å². The number of carbonyl (C=O) groups is 3. The molecule has 0 saturated heterocycles. The predicted octanol–water partition coefficient (Wildman–Crippen LogP) is 3.91. The second-order valence-electron chi connectivity index (χ2n) is 6.88. The molecule has 134 valence electrons. The summed E-state index contributed by atoms with van der Waals surface area (Å²) in [6.07, 6.45) is 3.08. The number of hydrogen-bond acceptors (Lipinski definition) is 3. The van der Waals surface area contributed by atoms with Gasteiger partial charge in [-0.05, 0) is 35.4 Å². The highest BCUT2D eigenvalue weighted by atomic mass is 16.2. The quantitative estimate of drug-likeness (QED) is 0.615. The Bertz CT molecular complexity index is 1180. The van der Waals surface area contributed by atoms with Crippen molar-refractivity contribution in [1.82, 2.24) is 0 Å². The van der Waals surface area contributed by atoms with Crippen molar-refractivity contribution in [2.45, 2.75) is 5.41 Å². The fraction of sp³-hybridized carbons (Fsp3) is 0.0417. The molecule has 4 nitrogen and oxygen atoms in total. The number of rotatable bonds is 1. The van der Waals surface area contributed by atoms with Crippen LogP contribution in [0.3, 0.4) is 0 Å². The monoisotopic (exact) mass is 365 g/mol. The molecule has 1 atom stereocenters. The van der Waals surface area contributed by atoms with Crippen molar-refractivity contribution in [2.75, 3.05) is 4.90 Å². The fourth-order valence-corrected chi connectivity index (χ4v) is 4.17. The standard InChI is InChI=1S/C24H15NO3/c26-21-14-15-24(19-12-6-4-10-17(19)21)20-13-7-5-11-18(20)22(27)25(23(24)28)16-8-2-1-3-9-16/h1-15H. The van der Waals surface area contributed by atoms with Gasteiger partial charge in [-0.3, -0.25) is 14.4 Å². The molecule has 0 radical (unpaired) electrons. The van der Waals surface area contributed by atoms with E-state index in [0.29, 0.717) is 27.9 Å². The molecule has 1 spiro atoms. The summed E-state index contributed by atoms with van der Waals surface area (Å²) in [4.78, 5) is 40.8. The van der Waals surface area contributed by atoms with E-state index in [2.05, 4.69) is 0 Å². The lowest BCUT2D eigenvalue weighted by atomic mass is 9.65. The number of allylic oxidation sites excluding steroid dienone is 1. The fourth-order valence-electron chi connectivity index (χ4n) is 4.17. The molecule has 3 aromatic rings. The van der Waals surface area contributed by atoms with Crippen LogP contribution in [0, 0.1) is 0 Å². The number of para-hydroxylation sites is 1. The number of fused-ring (bicyclic) bond motifs is 4. The summed E-state index contributed by atoms with van der Waals surface area (Å²) in [5.74, 6) is -0.881. The van der Waals surface area contributed by atoms with Crippen molar-refractivity contribution in [3.05, 3.63) is 113 Å². The SMILES string of the molecule is O=C1C=CC2(C(=O)N(c3ccccc3)C(=O)c3ccccc32)c2ccccc21. The van der Waals surface area contributed by atoms with Crippen LogP contribution in [0.15, 0.2) is 91.0 Å². The summed E-state index contributed by atoms with van der Waals surface area (Å²) in [6, 6.07) is 23.1. The number of carbonyl (C=O) groups excluding carboxylic acids is 3. The number of amides is 2. The summed E-state index contributed by atoms with van der Waals surface area (Å²) in [6.45, 7) is 0. The maximum atomic E-state index is 13.9. The lowest BCUT2D eigenvalue weighted by molar-refractivity contribution is -0.121. The van der Waals surface area contributed by atoms with Crippen LogP contribution in [-0.4, -0.2) is 17.6 Å². The number of benzene rings is 3. The molecule has 2 aliphatic rings. The summed E-state index contributed by atoms with van der Waals surface area (Å²) in [5.41, 5.74) is 1.44. The maximum absolute atomic E-state index is 13.9. The number of nitrogens with zero attached hydrogens (tertiary/aromatic N) is 1. The number of hydrogen-bond donors (Lipinski definition) is 0. The Labute approximate surface area is 161 Å². The van der Waals surface area contributed by atoms with Gasteiger partial charge in [0.1, 0.15) is 5.41 Å². The molecule has 0 N–H and O–H groups in total. The van der Waals surface area contributed by atoms with Gasteiger partial charge in [0.15, 0.2) is 5.78 Å². The highest BCUT2D eigenvalue weighted by molar-refractivity contribution is 6.30. The Balaban J connectivity index is 1.87. The molecule has 4 heteroatoms. The van der Waals surface area contributed by atoms with Gasteiger partial charge in [-0.2, -0.15) is 0 Å². The largest absolute Gasteiger partial charge is 0.289 e. The van der Waals surface area contributed by atoms with Crippen LogP contribution in [0.2, 0.25) is 0 Å². The van der Waals surface area contributed by atoms with Gasteiger partial charge >= 0.3 is 0 Å². The van der Waals surface area contributed by atoms with Crippen LogP contribution in [0.5, 0.6) is 0 Å². The molecule has 3 aromatic carbocycles. The third-order valence-electron chi connectivity index (χ3n) is 5.44. The van der Waals surface area contributed by atoms with E-state index in [1.54, 1.807) is 66.7 Å². The Hall–Kier alpha value is -3.79. The first-order valence-electron chi connectivity index (χ1n) is 9.01. The highest BCUT2D eigenvalue weighted by Crippen LogP contribution is 2.46. The third-order valence-corrected chi connectivity index (χ3v) is 5.44. The molecule has 2 amide bonds. The van der Waals surface area contributed by atoms with Crippen molar-refractivity contribution in [1.29, 1.82) is 0 Å². The Morgan fingerprint density at radius 2 is 1.21 bits per heavy atom. The molecule has 1 heterocycles. The second kappa shape index (κ2) is 5.86. The molecule has 1 aliphatic carbocycles. The van der Waals surface area contributed by atoms with E-state index >= 15 is 0 Å². The molecule has 1 aliphatic heterocycles. The Morgan fingerprint density at radius 1 is 0.643 bits per heavy atom. The summed E-state index contributed by atoms with van der Waals surface area (Å²) < 4.78 is 0. The van der Waals surface area contributed by atoms with Gasteiger partial charge in [-0.1, -0.05) is 66.7 Å². The van der Waals surface area contributed by atoms with Gasteiger partial charge < -0.3 is 0 Å². The lowest BCUT2D eigenvalue weighted by Crippen LogP contribution is -2.55. The average Bonchev–Trinajstić information content (AvgIpc) is 2.75. The molecule has 0 bridgehead atoms. The summed E-state index contributed by atoms with van der Waals surface area (Å²) in [5, 5.41) is 0. The average molecular weight is 365 g/mol. The van der Waals surface area contributed by atoms with Crippen LogP contribution < -0.4 is 4.90 Å². The molecular formula is C24H15NO3.